The van der Waals surface area contributed by atoms with Crippen LogP contribution in [-0.2, 0) is 27.7 Å². The third-order valence-electron chi connectivity index (χ3n) is 3.62. The lowest BCUT2D eigenvalue weighted by Gasteiger charge is -2.26. The highest BCUT2D eigenvalue weighted by Crippen LogP contribution is 2.29. The summed E-state index contributed by atoms with van der Waals surface area (Å²) in [6, 6.07) is 3.94. The molecule has 0 fully saturated rings. The third kappa shape index (κ3) is 5.03. The van der Waals surface area contributed by atoms with E-state index in [0.717, 1.165) is 5.56 Å². The Balaban J connectivity index is 2.13. The lowest BCUT2D eigenvalue weighted by atomic mass is 10.0. The maximum atomic E-state index is 12.4. The third-order valence-corrected chi connectivity index (χ3v) is 4.60. The van der Waals surface area contributed by atoms with Gasteiger partial charge in [0.25, 0.3) is 0 Å². The van der Waals surface area contributed by atoms with Crippen LogP contribution in [0.4, 0.5) is 18.0 Å². The van der Waals surface area contributed by atoms with E-state index in [4.69, 9.17) is 4.74 Å². The number of rotatable bonds is 2. The molecule has 146 valence electrons. The predicted octanol–water partition coefficient (Wildman–Crippen LogP) is 3.25. The number of fused-ring (bicyclic) bond motifs is 1. The molecule has 0 bridgehead atoms. The van der Waals surface area contributed by atoms with Crippen molar-refractivity contribution >= 4 is 16.2 Å². The van der Waals surface area contributed by atoms with E-state index in [-0.39, 0.29) is 0 Å². The number of nitrogens with zero attached hydrogens (tertiary/aromatic N) is 1. The number of alkyl halides is 3. The standard InChI is InChI=1S/C16H20F3NO5S/c1-15(2,3)24-14(21)20-8-6-11-4-5-13(10-12(11)7-9-20)25-26(22,23)16(17,18)19/h4-5,10H,6-9H2,1-3H3. The summed E-state index contributed by atoms with van der Waals surface area (Å²) in [4.78, 5) is 13.7. The maximum absolute atomic E-state index is 12.4. The molecular formula is C16H20F3NO5S. The zero-order chi connectivity index (χ0) is 19.8. The quantitative estimate of drug-likeness (QED) is 0.568. The first-order valence-corrected chi connectivity index (χ1v) is 9.30. The summed E-state index contributed by atoms with van der Waals surface area (Å²) in [6.07, 6.45) is 0.347. The minimum Gasteiger partial charge on any atom is -0.444 e. The zero-order valence-electron chi connectivity index (χ0n) is 14.6. The Morgan fingerprint density at radius 1 is 1.08 bits per heavy atom. The Morgan fingerprint density at radius 3 is 2.19 bits per heavy atom. The van der Waals surface area contributed by atoms with E-state index in [2.05, 4.69) is 4.18 Å². The van der Waals surface area contributed by atoms with Crippen LogP contribution >= 0.6 is 0 Å². The number of carbonyl (C=O) groups is 1. The summed E-state index contributed by atoms with van der Waals surface area (Å²) in [5, 5.41) is 0. The molecule has 2 rings (SSSR count). The van der Waals surface area contributed by atoms with Crippen molar-refractivity contribution in [1.29, 1.82) is 0 Å². The average Bonchev–Trinajstić information content (AvgIpc) is 2.66. The van der Waals surface area contributed by atoms with Crippen molar-refractivity contribution in [3.8, 4) is 5.75 Å². The summed E-state index contributed by atoms with van der Waals surface area (Å²) in [5.41, 5.74) is -4.69. The maximum Gasteiger partial charge on any atom is 0.534 e. The molecule has 1 aromatic rings. The summed E-state index contributed by atoms with van der Waals surface area (Å²) < 4.78 is 69.0. The number of amides is 1. The fraction of sp³-hybridized carbons (Fsp3) is 0.562. The van der Waals surface area contributed by atoms with Crippen molar-refractivity contribution in [2.45, 2.75) is 44.7 Å². The molecule has 0 saturated carbocycles. The van der Waals surface area contributed by atoms with Gasteiger partial charge in [-0.2, -0.15) is 21.6 Å². The second-order valence-corrected chi connectivity index (χ2v) is 8.42. The molecule has 0 unspecified atom stereocenters. The highest BCUT2D eigenvalue weighted by atomic mass is 32.2. The molecule has 26 heavy (non-hydrogen) atoms. The molecule has 0 spiro atoms. The van der Waals surface area contributed by atoms with Crippen molar-refractivity contribution < 1.29 is 35.3 Å². The van der Waals surface area contributed by atoms with Crippen molar-refractivity contribution in [2.75, 3.05) is 13.1 Å². The number of ether oxygens (including phenoxy) is 1. The van der Waals surface area contributed by atoms with Gasteiger partial charge in [0, 0.05) is 13.1 Å². The van der Waals surface area contributed by atoms with Gasteiger partial charge in [-0.25, -0.2) is 4.79 Å². The van der Waals surface area contributed by atoms with Crippen LogP contribution in [0.15, 0.2) is 18.2 Å². The lowest BCUT2D eigenvalue weighted by molar-refractivity contribution is -0.0500. The van der Waals surface area contributed by atoms with Gasteiger partial charge in [-0.1, -0.05) is 6.07 Å². The molecular weight excluding hydrogens is 375 g/mol. The largest absolute Gasteiger partial charge is 0.534 e. The minimum absolute atomic E-state index is 0.303. The Morgan fingerprint density at radius 2 is 1.65 bits per heavy atom. The van der Waals surface area contributed by atoms with Gasteiger partial charge in [-0.05, 0) is 56.9 Å². The SMILES string of the molecule is CC(C)(C)OC(=O)N1CCc2ccc(OS(=O)(=O)C(F)(F)F)cc2CC1. The molecule has 1 aliphatic rings. The predicted molar refractivity (Wildman–Crippen MR) is 87.3 cm³/mol. The number of hydrogen-bond acceptors (Lipinski definition) is 5. The molecule has 0 aromatic heterocycles. The van der Waals surface area contributed by atoms with E-state index in [1.165, 1.54) is 23.1 Å². The van der Waals surface area contributed by atoms with Crippen molar-refractivity contribution in [1.82, 2.24) is 4.90 Å². The molecule has 0 aliphatic carbocycles. The number of hydrogen-bond donors (Lipinski definition) is 0. The first kappa shape index (κ1) is 20.3. The summed E-state index contributed by atoms with van der Waals surface area (Å²) >= 11 is 0. The molecule has 1 aromatic carbocycles. The van der Waals surface area contributed by atoms with Crippen LogP contribution in [0.3, 0.4) is 0 Å². The van der Waals surface area contributed by atoms with Gasteiger partial charge in [0.2, 0.25) is 0 Å². The van der Waals surface area contributed by atoms with Crippen LogP contribution in [0.25, 0.3) is 0 Å². The van der Waals surface area contributed by atoms with Crippen molar-refractivity contribution in [3.63, 3.8) is 0 Å². The van der Waals surface area contributed by atoms with Gasteiger partial charge in [0.15, 0.2) is 0 Å². The molecule has 1 amide bonds. The Bertz CT molecular complexity index is 784. The molecule has 0 saturated heterocycles. The Hall–Kier alpha value is -1.97. The second-order valence-electron chi connectivity index (χ2n) is 6.88. The van der Waals surface area contributed by atoms with Gasteiger partial charge in [-0.3, -0.25) is 0 Å². The van der Waals surface area contributed by atoms with Crippen LogP contribution < -0.4 is 4.18 Å². The fourth-order valence-electron chi connectivity index (χ4n) is 2.44. The number of benzene rings is 1. The Labute approximate surface area is 150 Å². The van der Waals surface area contributed by atoms with Crippen molar-refractivity contribution in [3.05, 3.63) is 29.3 Å². The van der Waals surface area contributed by atoms with E-state index < -0.39 is 33.1 Å². The molecule has 1 aliphatic heterocycles. The first-order chi connectivity index (χ1) is 11.8. The summed E-state index contributed by atoms with van der Waals surface area (Å²) in [7, 11) is -5.72. The second kappa shape index (κ2) is 6.98. The van der Waals surface area contributed by atoms with E-state index in [0.29, 0.717) is 31.5 Å². The van der Waals surface area contributed by atoms with Crippen LogP contribution in [0.5, 0.6) is 5.75 Å². The zero-order valence-corrected chi connectivity index (χ0v) is 15.4. The van der Waals surface area contributed by atoms with Crippen LogP contribution in [0, 0.1) is 0 Å². The van der Waals surface area contributed by atoms with Gasteiger partial charge in [0.1, 0.15) is 11.4 Å². The summed E-state index contributed by atoms with van der Waals surface area (Å²) in [6.45, 7) is 5.95. The molecule has 1 heterocycles. The van der Waals surface area contributed by atoms with Gasteiger partial charge in [-0.15, -0.1) is 0 Å². The van der Waals surface area contributed by atoms with E-state index in [9.17, 15) is 26.4 Å². The normalized spacial score (nSPS) is 15.8. The number of carbonyl (C=O) groups excluding carboxylic acids is 1. The van der Waals surface area contributed by atoms with E-state index >= 15 is 0 Å². The van der Waals surface area contributed by atoms with Gasteiger partial charge >= 0.3 is 21.7 Å². The highest BCUT2D eigenvalue weighted by molar-refractivity contribution is 7.88. The molecule has 10 heteroatoms. The molecule has 6 nitrogen and oxygen atoms in total. The monoisotopic (exact) mass is 395 g/mol. The Kier molecular flexibility index (Phi) is 5.46. The van der Waals surface area contributed by atoms with Gasteiger partial charge < -0.3 is 13.8 Å². The van der Waals surface area contributed by atoms with Crippen molar-refractivity contribution in [2.24, 2.45) is 0 Å². The van der Waals surface area contributed by atoms with Crippen LogP contribution in [-0.4, -0.2) is 43.6 Å². The van der Waals surface area contributed by atoms with E-state index in [1.54, 1.807) is 20.8 Å². The fourth-order valence-corrected chi connectivity index (χ4v) is 2.89. The minimum atomic E-state index is -5.72. The topological polar surface area (TPSA) is 72.9 Å². The average molecular weight is 395 g/mol. The smallest absolute Gasteiger partial charge is 0.444 e. The molecule has 0 atom stereocenters. The van der Waals surface area contributed by atoms with Crippen LogP contribution in [0.1, 0.15) is 31.9 Å². The molecule has 0 radical (unpaired) electrons. The number of halogens is 3. The molecule has 0 N–H and O–H groups in total. The highest BCUT2D eigenvalue weighted by Gasteiger charge is 2.48. The van der Waals surface area contributed by atoms with Crippen LogP contribution in [0.2, 0.25) is 0 Å². The van der Waals surface area contributed by atoms with E-state index in [1.807, 2.05) is 0 Å². The first-order valence-electron chi connectivity index (χ1n) is 7.89. The van der Waals surface area contributed by atoms with Gasteiger partial charge in [0.05, 0.1) is 0 Å². The lowest BCUT2D eigenvalue weighted by Crippen LogP contribution is -2.38. The summed E-state index contributed by atoms with van der Waals surface area (Å²) in [5.74, 6) is -0.410.